The van der Waals surface area contributed by atoms with Gasteiger partial charge in [0.1, 0.15) is 23.1 Å². The zero-order valence-corrected chi connectivity index (χ0v) is 14.7. The minimum atomic E-state index is -0.290. The van der Waals surface area contributed by atoms with Gasteiger partial charge in [0.05, 0.1) is 12.2 Å². The van der Waals surface area contributed by atoms with E-state index in [-0.39, 0.29) is 11.9 Å². The lowest BCUT2D eigenvalue weighted by Gasteiger charge is -2.15. The van der Waals surface area contributed by atoms with Gasteiger partial charge in [-0.15, -0.1) is 10.2 Å². The molecule has 0 aliphatic carbocycles. The van der Waals surface area contributed by atoms with Crippen molar-refractivity contribution in [3.8, 4) is 11.5 Å². The van der Waals surface area contributed by atoms with Crippen molar-refractivity contribution < 1.29 is 4.39 Å². The molecule has 3 heterocycles. The van der Waals surface area contributed by atoms with Gasteiger partial charge in [-0.1, -0.05) is 12.1 Å². The van der Waals surface area contributed by atoms with Crippen LogP contribution in [0.15, 0.2) is 48.9 Å². The number of hydrogen-bond donors (Lipinski definition) is 3. The number of anilines is 3. The standard InChI is InChI=1S/C17H15FN10/c1-10(11-2-4-12(18)5-3-11)21-17-22-13(16-25-27-28-26-16)8-14(24-17)23-15-9-19-6-7-20-15/h2-10H,1H3,(H,25,26,27,28)(H2,20,21,22,23,24). The van der Waals surface area contributed by atoms with Gasteiger partial charge in [0.25, 0.3) is 0 Å². The molecule has 0 saturated heterocycles. The molecule has 140 valence electrons. The summed E-state index contributed by atoms with van der Waals surface area (Å²) >= 11 is 0. The fraction of sp³-hybridized carbons (Fsp3) is 0.118. The molecule has 1 aromatic carbocycles. The average Bonchev–Trinajstić information content (AvgIpc) is 3.24. The second-order valence-electron chi connectivity index (χ2n) is 5.83. The maximum absolute atomic E-state index is 13.2. The molecule has 1 unspecified atom stereocenters. The van der Waals surface area contributed by atoms with Crippen LogP contribution in [0.4, 0.5) is 22.0 Å². The van der Waals surface area contributed by atoms with Gasteiger partial charge in [0.2, 0.25) is 11.8 Å². The largest absolute Gasteiger partial charge is 0.348 e. The Balaban J connectivity index is 1.64. The van der Waals surface area contributed by atoms with Gasteiger partial charge in [-0.2, -0.15) is 10.2 Å². The van der Waals surface area contributed by atoms with E-state index in [1.807, 2.05) is 6.92 Å². The first-order chi connectivity index (χ1) is 13.7. The Kier molecular flexibility index (Phi) is 4.78. The van der Waals surface area contributed by atoms with Crippen molar-refractivity contribution in [1.29, 1.82) is 0 Å². The number of tetrazole rings is 1. The predicted octanol–water partition coefficient (Wildman–Crippen LogP) is 2.50. The Morgan fingerprint density at radius 3 is 2.64 bits per heavy atom. The van der Waals surface area contributed by atoms with E-state index in [0.717, 1.165) is 5.56 Å². The molecule has 4 rings (SSSR count). The van der Waals surface area contributed by atoms with E-state index in [1.54, 1.807) is 36.8 Å². The second kappa shape index (κ2) is 7.70. The third-order valence-corrected chi connectivity index (χ3v) is 3.84. The van der Waals surface area contributed by atoms with E-state index in [2.05, 4.69) is 51.2 Å². The monoisotopic (exact) mass is 378 g/mol. The molecule has 4 aromatic rings. The maximum atomic E-state index is 13.2. The van der Waals surface area contributed by atoms with Crippen molar-refractivity contribution >= 4 is 17.6 Å². The molecule has 28 heavy (non-hydrogen) atoms. The zero-order valence-electron chi connectivity index (χ0n) is 14.7. The van der Waals surface area contributed by atoms with Crippen molar-refractivity contribution in [3.63, 3.8) is 0 Å². The quantitative estimate of drug-likeness (QED) is 0.463. The highest BCUT2D eigenvalue weighted by Gasteiger charge is 2.13. The lowest BCUT2D eigenvalue weighted by Crippen LogP contribution is -2.11. The van der Waals surface area contributed by atoms with Crippen LogP contribution in [0.2, 0.25) is 0 Å². The number of rotatable bonds is 6. The van der Waals surface area contributed by atoms with Crippen molar-refractivity contribution in [2.45, 2.75) is 13.0 Å². The first kappa shape index (κ1) is 17.4. The summed E-state index contributed by atoms with van der Waals surface area (Å²) in [5.41, 5.74) is 1.35. The van der Waals surface area contributed by atoms with Crippen LogP contribution in [0, 0.1) is 5.82 Å². The smallest absolute Gasteiger partial charge is 0.225 e. The SMILES string of the molecule is CC(Nc1nc(Nc2cnccn2)cc(-c2nn[nH]n2)n1)c1ccc(F)cc1. The number of nitrogens with one attached hydrogen (secondary N) is 3. The highest BCUT2D eigenvalue weighted by atomic mass is 19.1. The van der Waals surface area contributed by atoms with Crippen molar-refractivity contribution in [3.05, 3.63) is 60.3 Å². The molecule has 0 aliphatic rings. The fourth-order valence-corrected chi connectivity index (χ4v) is 2.48. The molecule has 0 spiro atoms. The van der Waals surface area contributed by atoms with Gasteiger partial charge in [0.15, 0.2) is 0 Å². The third-order valence-electron chi connectivity index (χ3n) is 3.84. The topological polar surface area (TPSA) is 130 Å². The van der Waals surface area contributed by atoms with Crippen LogP contribution in [0.25, 0.3) is 11.5 Å². The lowest BCUT2D eigenvalue weighted by molar-refractivity contribution is 0.626. The predicted molar refractivity (Wildman–Crippen MR) is 99.0 cm³/mol. The normalized spacial score (nSPS) is 11.8. The summed E-state index contributed by atoms with van der Waals surface area (Å²) in [7, 11) is 0. The van der Waals surface area contributed by atoms with Crippen LogP contribution in [0.3, 0.4) is 0 Å². The van der Waals surface area contributed by atoms with Crippen LogP contribution < -0.4 is 10.6 Å². The molecule has 11 heteroatoms. The molecular weight excluding hydrogens is 363 g/mol. The Morgan fingerprint density at radius 2 is 1.93 bits per heavy atom. The summed E-state index contributed by atoms with van der Waals surface area (Å²) in [5.74, 6) is 1.37. The molecule has 3 aromatic heterocycles. The van der Waals surface area contributed by atoms with Crippen LogP contribution >= 0.6 is 0 Å². The number of halogens is 1. The number of benzene rings is 1. The minimum Gasteiger partial charge on any atom is -0.348 e. The number of H-pyrrole nitrogens is 1. The number of aromatic amines is 1. The van der Waals surface area contributed by atoms with Crippen molar-refractivity contribution in [1.82, 2.24) is 40.6 Å². The van der Waals surface area contributed by atoms with E-state index in [0.29, 0.717) is 29.1 Å². The summed E-state index contributed by atoms with van der Waals surface area (Å²) < 4.78 is 13.2. The first-order valence-corrected chi connectivity index (χ1v) is 8.35. The van der Waals surface area contributed by atoms with Gasteiger partial charge < -0.3 is 10.6 Å². The van der Waals surface area contributed by atoms with Gasteiger partial charge in [-0.25, -0.2) is 14.4 Å². The van der Waals surface area contributed by atoms with E-state index in [1.165, 1.54) is 12.1 Å². The van der Waals surface area contributed by atoms with E-state index in [9.17, 15) is 4.39 Å². The molecule has 0 amide bonds. The summed E-state index contributed by atoms with van der Waals surface area (Å²) in [6.07, 6.45) is 4.72. The highest BCUT2D eigenvalue weighted by molar-refractivity contribution is 5.61. The summed E-state index contributed by atoms with van der Waals surface area (Å²) in [6.45, 7) is 1.92. The van der Waals surface area contributed by atoms with Gasteiger partial charge in [0, 0.05) is 18.5 Å². The minimum absolute atomic E-state index is 0.162. The van der Waals surface area contributed by atoms with Gasteiger partial charge >= 0.3 is 0 Å². The molecule has 0 fully saturated rings. The number of aromatic nitrogens is 8. The van der Waals surface area contributed by atoms with E-state index >= 15 is 0 Å². The van der Waals surface area contributed by atoms with Crippen molar-refractivity contribution in [2.75, 3.05) is 10.6 Å². The van der Waals surface area contributed by atoms with Crippen LogP contribution in [-0.4, -0.2) is 40.6 Å². The lowest BCUT2D eigenvalue weighted by atomic mass is 10.1. The van der Waals surface area contributed by atoms with E-state index in [4.69, 9.17) is 0 Å². The molecule has 1 atom stereocenters. The Labute approximate surface area is 158 Å². The second-order valence-corrected chi connectivity index (χ2v) is 5.83. The summed E-state index contributed by atoms with van der Waals surface area (Å²) in [4.78, 5) is 17.1. The molecule has 0 bridgehead atoms. The Hall–Kier alpha value is -4.02. The molecule has 0 saturated carbocycles. The molecular formula is C17H15FN10. The molecule has 10 nitrogen and oxygen atoms in total. The third kappa shape index (κ3) is 4.03. The number of nitrogens with zero attached hydrogens (tertiary/aromatic N) is 7. The first-order valence-electron chi connectivity index (χ1n) is 8.35. The van der Waals surface area contributed by atoms with Crippen molar-refractivity contribution in [2.24, 2.45) is 0 Å². The van der Waals surface area contributed by atoms with Crippen LogP contribution in [0.1, 0.15) is 18.5 Å². The summed E-state index contributed by atoms with van der Waals surface area (Å²) in [5, 5.41) is 20.1. The van der Waals surface area contributed by atoms with Gasteiger partial charge in [-0.3, -0.25) is 4.98 Å². The van der Waals surface area contributed by atoms with Crippen LogP contribution in [0.5, 0.6) is 0 Å². The summed E-state index contributed by atoms with van der Waals surface area (Å²) in [6, 6.07) is 7.73. The van der Waals surface area contributed by atoms with Gasteiger partial charge in [-0.05, 0) is 29.8 Å². The molecule has 0 radical (unpaired) electrons. The molecule has 3 N–H and O–H groups in total. The Bertz CT molecular complexity index is 1040. The molecule has 0 aliphatic heterocycles. The average molecular weight is 378 g/mol. The highest BCUT2D eigenvalue weighted by Crippen LogP contribution is 2.23. The zero-order chi connectivity index (χ0) is 19.3. The van der Waals surface area contributed by atoms with Crippen LogP contribution in [-0.2, 0) is 0 Å². The maximum Gasteiger partial charge on any atom is 0.225 e. The fourth-order valence-electron chi connectivity index (χ4n) is 2.48. The number of hydrogen-bond acceptors (Lipinski definition) is 9. The van der Waals surface area contributed by atoms with E-state index < -0.39 is 0 Å². The Morgan fingerprint density at radius 1 is 1.07 bits per heavy atom.